The lowest BCUT2D eigenvalue weighted by Gasteiger charge is -2.22. The van der Waals surface area contributed by atoms with E-state index in [0.29, 0.717) is 5.76 Å². The van der Waals surface area contributed by atoms with Gasteiger partial charge in [0.15, 0.2) is 5.76 Å². The summed E-state index contributed by atoms with van der Waals surface area (Å²) in [5.74, 6) is 1.18. The number of nitrogens with one attached hydrogen (secondary N) is 1. The number of rotatable bonds is 5. The zero-order valence-corrected chi connectivity index (χ0v) is 11.9. The number of hydrogen-bond acceptors (Lipinski definition) is 3. The number of ether oxygens (including phenoxy) is 1. The zero-order valence-electron chi connectivity index (χ0n) is 11.9. The number of carbonyl (C=O) groups is 1. The average molecular weight is 273 g/mol. The van der Waals surface area contributed by atoms with E-state index >= 15 is 0 Å². The van der Waals surface area contributed by atoms with Crippen LogP contribution >= 0.6 is 0 Å². The van der Waals surface area contributed by atoms with E-state index < -0.39 is 0 Å². The standard InChI is InChI=1S/C16H19NO3/c1-11(2)15(12-6-8-13(19-3)9-7-12)17-16(18)14-5-4-10-20-14/h4-11,15H,1-3H3,(H,17,18)/t15-/m1/s1. The number of benzene rings is 1. The van der Waals surface area contributed by atoms with Crippen LogP contribution in [-0.4, -0.2) is 13.0 Å². The molecule has 0 aliphatic carbocycles. The molecule has 1 N–H and O–H groups in total. The Bertz CT molecular complexity index is 544. The van der Waals surface area contributed by atoms with Gasteiger partial charge in [0.2, 0.25) is 0 Å². The van der Waals surface area contributed by atoms with E-state index in [0.717, 1.165) is 11.3 Å². The third-order valence-corrected chi connectivity index (χ3v) is 3.17. The van der Waals surface area contributed by atoms with Crippen molar-refractivity contribution in [2.75, 3.05) is 7.11 Å². The monoisotopic (exact) mass is 273 g/mol. The highest BCUT2D eigenvalue weighted by Crippen LogP contribution is 2.24. The predicted octanol–water partition coefficient (Wildman–Crippen LogP) is 3.42. The Hall–Kier alpha value is -2.23. The first-order valence-corrected chi connectivity index (χ1v) is 6.60. The number of furan rings is 1. The zero-order chi connectivity index (χ0) is 14.5. The molecular formula is C16H19NO3. The summed E-state index contributed by atoms with van der Waals surface area (Å²) in [6.07, 6.45) is 1.49. The largest absolute Gasteiger partial charge is 0.497 e. The predicted molar refractivity (Wildman–Crippen MR) is 76.7 cm³/mol. The van der Waals surface area contributed by atoms with Gasteiger partial charge in [-0.3, -0.25) is 4.79 Å². The van der Waals surface area contributed by atoms with Crippen molar-refractivity contribution in [2.45, 2.75) is 19.9 Å². The SMILES string of the molecule is COc1ccc([C@H](NC(=O)c2ccco2)C(C)C)cc1. The molecule has 1 aromatic carbocycles. The van der Waals surface area contributed by atoms with Crippen molar-refractivity contribution in [2.24, 2.45) is 5.92 Å². The number of carbonyl (C=O) groups excluding carboxylic acids is 1. The normalized spacial score (nSPS) is 12.2. The topological polar surface area (TPSA) is 51.5 Å². The quantitative estimate of drug-likeness (QED) is 0.908. The summed E-state index contributed by atoms with van der Waals surface area (Å²) in [7, 11) is 1.63. The van der Waals surface area contributed by atoms with Crippen molar-refractivity contribution in [1.29, 1.82) is 0 Å². The van der Waals surface area contributed by atoms with E-state index in [1.54, 1.807) is 19.2 Å². The number of hydrogen-bond donors (Lipinski definition) is 1. The van der Waals surface area contributed by atoms with Gasteiger partial charge in [0.1, 0.15) is 5.75 Å². The van der Waals surface area contributed by atoms with E-state index in [2.05, 4.69) is 19.2 Å². The first-order valence-electron chi connectivity index (χ1n) is 6.60. The van der Waals surface area contributed by atoms with Crippen molar-refractivity contribution in [1.82, 2.24) is 5.32 Å². The highest BCUT2D eigenvalue weighted by molar-refractivity contribution is 5.91. The van der Waals surface area contributed by atoms with Crippen LogP contribution in [0.5, 0.6) is 5.75 Å². The molecule has 0 radical (unpaired) electrons. The highest BCUT2D eigenvalue weighted by Gasteiger charge is 2.20. The second-order valence-electron chi connectivity index (χ2n) is 4.95. The highest BCUT2D eigenvalue weighted by atomic mass is 16.5. The van der Waals surface area contributed by atoms with Gasteiger partial charge in [0.25, 0.3) is 5.91 Å². The first kappa shape index (κ1) is 14.2. The molecule has 1 heterocycles. The van der Waals surface area contributed by atoms with Gasteiger partial charge in [-0.1, -0.05) is 26.0 Å². The van der Waals surface area contributed by atoms with Crippen LogP contribution in [0.25, 0.3) is 0 Å². The van der Waals surface area contributed by atoms with E-state index in [-0.39, 0.29) is 17.9 Å². The molecule has 0 spiro atoms. The summed E-state index contributed by atoms with van der Waals surface area (Å²) in [4.78, 5) is 12.1. The van der Waals surface area contributed by atoms with E-state index in [4.69, 9.17) is 9.15 Å². The fourth-order valence-corrected chi connectivity index (χ4v) is 2.07. The molecule has 1 atom stereocenters. The molecule has 4 nitrogen and oxygen atoms in total. The summed E-state index contributed by atoms with van der Waals surface area (Å²) in [5.41, 5.74) is 1.04. The molecule has 2 rings (SSSR count). The Morgan fingerprint density at radius 2 is 1.90 bits per heavy atom. The molecule has 0 bridgehead atoms. The van der Waals surface area contributed by atoms with Gasteiger partial charge in [-0.25, -0.2) is 0 Å². The summed E-state index contributed by atoms with van der Waals surface area (Å²) in [6, 6.07) is 11.0. The lowest BCUT2D eigenvalue weighted by atomic mass is 9.96. The second-order valence-corrected chi connectivity index (χ2v) is 4.95. The smallest absolute Gasteiger partial charge is 0.287 e. The molecule has 20 heavy (non-hydrogen) atoms. The Balaban J connectivity index is 2.16. The fourth-order valence-electron chi connectivity index (χ4n) is 2.07. The van der Waals surface area contributed by atoms with Crippen LogP contribution < -0.4 is 10.1 Å². The van der Waals surface area contributed by atoms with E-state index in [1.807, 2.05) is 24.3 Å². The average Bonchev–Trinajstić information content (AvgIpc) is 2.98. The van der Waals surface area contributed by atoms with Gasteiger partial charge in [-0.05, 0) is 35.7 Å². The van der Waals surface area contributed by atoms with Crippen LogP contribution in [0, 0.1) is 5.92 Å². The maximum atomic E-state index is 12.1. The molecule has 1 amide bonds. The molecule has 0 fully saturated rings. The minimum atomic E-state index is -0.204. The van der Waals surface area contributed by atoms with Crippen LogP contribution in [0.2, 0.25) is 0 Å². The Morgan fingerprint density at radius 3 is 2.40 bits per heavy atom. The van der Waals surface area contributed by atoms with Crippen molar-refractivity contribution < 1.29 is 13.9 Å². The van der Waals surface area contributed by atoms with E-state index in [9.17, 15) is 4.79 Å². The number of methoxy groups -OCH3 is 1. The van der Waals surface area contributed by atoms with E-state index in [1.165, 1.54) is 6.26 Å². The minimum Gasteiger partial charge on any atom is -0.497 e. The third kappa shape index (κ3) is 3.20. The van der Waals surface area contributed by atoms with Crippen molar-refractivity contribution >= 4 is 5.91 Å². The van der Waals surface area contributed by atoms with Gasteiger partial charge in [-0.2, -0.15) is 0 Å². The molecule has 0 aliphatic rings. The molecule has 4 heteroatoms. The van der Waals surface area contributed by atoms with Crippen molar-refractivity contribution in [3.63, 3.8) is 0 Å². The van der Waals surface area contributed by atoms with Gasteiger partial charge < -0.3 is 14.5 Å². The lowest BCUT2D eigenvalue weighted by Crippen LogP contribution is -2.31. The summed E-state index contributed by atoms with van der Waals surface area (Å²) < 4.78 is 10.3. The molecular weight excluding hydrogens is 254 g/mol. The minimum absolute atomic E-state index is 0.0708. The van der Waals surface area contributed by atoms with Crippen LogP contribution in [0.15, 0.2) is 47.1 Å². The molecule has 2 aromatic rings. The molecule has 0 unspecified atom stereocenters. The maximum absolute atomic E-state index is 12.1. The maximum Gasteiger partial charge on any atom is 0.287 e. The van der Waals surface area contributed by atoms with Gasteiger partial charge >= 0.3 is 0 Å². The van der Waals surface area contributed by atoms with Crippen molar-refractivity contribution in [3.05, 3.63) is 54.0 Å². The summed E-state index contributed by atoms with van der Waals surface area (Å²) in [5, 5.41) is 3.00. The van der Waals surface area contributed by atoms with Crippen LogP contribution in [-0.2, 0) is 0 Å². The van der Waals surface area contributed by atoms with Gasteiger partial charge in [0, 0.05) is 0 Å². The fraction of sp³-hybridized carbons (Fsp3) is 0.312. The molecule has 0 saturated heterocycles. The van der Waals surface area contributed by atoms with Gasteiger partial charge in [0.05, 0.1) is 19.4 Å². The first-order chi connectivity index (χ1) is 9.61. The third-order valence-electron chi connectivity index (χ3n) is 3.17. The molecule has 106 valence electrons. The second kappa shape index (κ2) is 6.28. The van der Waals surface area contributed by atoms with Crippen LogP contribution in [0.3, 0.4) is 0 Å². The molecule has 0 saturated carbocycles. The van der Waals surface area contributed by atoms with Crippen LogP contribution in [0.4, 0.5) is 0 Å². The van der Waals surface area contributed by atoms with Crippen LogP contribution in [0.1, 0.15) is 36.0 Å². The Labute approximate surface area is 118 Å². The van der Waals surface area contributed by atoms with Gasteiger partial charge in [-0.15, -0.1) is 0 Å². The molecule has 0 aliphatic heterocycles. The lowest BCUT2D eigenvalue weighted by molar-refractivity contribution is 0.0897. The Kier molecular flexibility index (Phi) is 4.45. The number of amides is 1. The Morgan fingerprint density at radius 1 is 1.20 bits per heavy atom. The van der Waals surface area contributed by atoms with Crippen molar-refractivity contribution in [3.8, 4) is 5.75 Å². The summed E-state index contributed by atoms with van der Waals surface area (Å²) >= 11 is 0. The summed E-state index contributed by atoms with van der Waals surface area (Å²) in [6.45, 7) is 4.13. The molecule has 1 aromatic heterocycles.